The summed E-state index contributed by atoms with van der Waals surface area (Å²) in [6.07, 6.45) is 6.55. The number of aryl methyl sites for hydroxylation is 2. The van der Waals surface area contributed by atoms with Crippen molar-refractivity contribution in [1.29, 1.82) is 0 Å². The van der Waals surface area contributed by atoms with Gasteiger partial charge in [0.25, 0.3) is 0 Å². The van der Waals surface area contributed by atoms with Crippen molar-refractivity contribution in [2.45, 2.75) is 40.3 Å². The van der Waals surface area contributed by atoms with Crippen molar-refractivity contribution in [3.63, 3.8) is 0 Å². The molecule has 28 heavy (non-hydrogen) atoms. The van der Waals surface area contributed by atoms with Gasteiger partial charge in [-0.15, -0.1) is 23.5 Å². The Balaban J connectivity index is 2.40. The molecule has 0 radical (unpaired) electrons. The lowest BCUT2D eigenvalue weighted by Gasteiger charge is -2.18. The van der Waals surface area contributed by atoms with E-state index in [1.165, 1.54) is 17.5 Å². The fourth-order valence-electron chi connectivity index (χ4n) is 2.86. The number of nitrogens with zero attached hydrogens (tertiary/aromatic N) is 2. The molecule has 0 N–H and O–H groups in total. The summed E-state index contributed by atoms with van der Waals surface area (Å²) in [5.41, 5.74) is 4.14. The second-order valence-electron chi connectivity index (χ2n) is 6.55. The Morgan fingerprint density at radius 2 is 1.89 bits per heavy atom. The number of carbonyl (C=O) groups excluding carboxylic acids is 1. The van der Waals surface area contributed by atoms with Gasteiger partial charge in [-0.3, -0.25) is 9.36 Å². The average molecular weight is 439 g/mol. The molecule has 1 aromatic carbocycles. The Bertz CT molecular complexity index is 840. The predicted molar refractivity (Wildman–Crippen MR) is 127 cm³/mol. The summed E-state index contributed by atoms with van der Waals surface area (Å²) in [5, 5.41) is 0. The maximum absolute atomic E-state index is 13.0. The molecule has 0 saturated carbocycles. The minimum absolute atomic E-state index is 0.0824. The van der Waals surface area contributed by atoms with Crippen molar-refractivity contribution in [2.75, 3.05) is 30.6 Å². The molecule has 1 atom stereocenters. The summed E-state index contributed by atoms with van der Waals surface area (Å²) in [4.78, 5) is 17.7. The first-order valence-corrected chi connectivity index (χ1v) is 13.1. The van der Waals surface area contributed by atoms with Crippen LogP contribution in [0, 0.1) is 13.8 Å². The second kappa shape index (κ2) is 11.3. The molecule has 1 heterocycles. The third-order valence-corrected chi connectivity index (χ3v) is 7.67. The number of fused-ring (bicyclic) bond motifs is 1. The molecule has 0 spiro atoms. The molecule has 0 bridgehead atoms. The summed E-state index contributed by atoms with van der Waals surface area (Å²) in [5.74, 6) is 2.45. The SMILES string of the molecule is CCCSCCOC(C)n1c(C(=O)C=C(SC)SC)nc2cc(C)c(C)cc21. The Hall–Kier alpha value is -0.890. The zero-order chi connectivity index (χ0) is 20.7. The van der Waals surface area contributed by atoms with Crippen LogP contribution in [-0.4, -0.2) is 46.0 Å². The van der Waals surface area contributed by atoms with Crippen LogP contribution in [0.1, 0.15) is 48.2 Å². The highest BCUT2D eigenvalue weighted by atomic mass is 32.2. The molecule has 154 valence electrons. The standard InChI is InChI=1S/C21H30N2O2S3/c1-7-9-28-10-8-25-16(4)23-18-12-15(3)14(2)11-17(18)22-21(23)19(24)13-20(26-5)27-6/h11-13,16H,7-10H2,1-6H3. The number of benzene rings is 1. The van der Waals surface area contributed by atoms with Crippen LogP contribution >= 0.6 is 35.3 Å². The topological polar surface area (TPSA) is 44.1 Å². The number of hydrogen-bond donors (Lipinski definition) is 0. The van der Waals surface area contributed by atoms with Crippen LogP contribution in [0.2, 0.25) is 0 Å². The maximum Gasteiger partial charge on any atom is 0.223 e. The van der Waals surface area contributed by atoms with Gasteiger partial charge in [-0.2, -0.15) is 11.8 Å². The van der Waals surface area contributed by atoms with Gasteiger partial charge in [-0.1, -0.05) is 6.92 Å². The monoisotopic (exact) mass is 438 g/mol. The molecule has 1 aromatic heterocycles. The van der Waals surface area contributed by atoms with E-state index >= 15 is 0 Å². The number of ketones is 1. The lowest BCUT2D eigenvalue weighted by atomic mass is 10.1. The fourth-order valence-corrected chi connectivity index (χ4v) is 4.69. The lowest BCUT2D eigenvalue weighted by Crippen LogP contribution is -2.17. The smallest absolute Gasteiger partial charge is 0.223 e. The Morgan fingerprint density at radius 3 is 2.54 bits per heavy atom. The van der Waals surface area contributed by atoms with Gasteiger partial charge < -0.3 is 4.74 Å². The van der Waals surface area contributed by atoms with Gasteiger partial charge in [-0.25, -0.2) is 4.98 Å². The van der Waals surface area contributed by atoms with E-state index in [4.69, 9.17) is 4.74 Å². The van der Waals surface area contributed by atoms with Gasteiger partial charge in [0.2, 0.25) is 5.78 Å². The van der Waals surface area contributed by atoms with Gasteiger partial charge in [0.05, 0.1) is 17.6 Å². The van der Waals surface area contributed by atoms with Crippen molar-refractivity contribution in [3.05, 3.63) is 39.4 Å². The summed E-state index contributed by atoms with van der Waals surface area (Å²) in [6.45, 7) is 8.98. The van der Waals surface area contributed by atoms with Gasteiger partial charge in [-0.05, 0) is 68.7 Å². The Labute approximate surface area is 181 Å². The zero-order valence-electron chi connectivity index (χ0n) is 17.6. The van der Waals surface area contributed by atoms with Crippen molar-refractivity contribution in [3.8, 4) is 0 Å². The highest BCUT2D eigenvalue weighted by Crippen LogP contribution is 2.28. The normalized spacial score (nSPS) is 12.4. The predicted octanol–water partition coefficient (Wildman–Crippen LogP) is 6.08. The highest BCUT2D eigenvalue weighted by molar-refractivity contribution is 8.21. The van der Waals surface area contributed by atoms with E-state index in [1.54, 1.807) is 29.6 Å². The van der Waals surface area contributed by atoms with E-state index in [0.717, 1.165) is 26.8 Å². The number of hydrogen-bond acceptors (Lipinski definition) is 6. The molecule has 0 aliphatic rings. The molecule has 4 nitrogen and oxygen atoms in total. The molecule has 0 aliphatic carbocycles. The molecule has 7 heteroatoms. The summed E-state index contributed by atoms with van der Waals surface area (Å²) < 4.78 is 9.00. The van der Waals surface area contributed by atoms with Crippen LogP contribution in [0.3, 0.4) is 0 Å². The van der Waals surface area contributed by atoms with E-state index < -0.39 is 0 Å². The number of imidazole rings is 1. The summed E-state index contributed by atoms with van der Waals surface area (Å²) in [7, 11) is 0. The number of aromatic nitrogens is 2. The fraction of sp³-hybridized carbons (Fsp3) is 0.524. The second-order valence-corrected chi connectivity index (χ2v) is 9.73. The summed E-state index contributed by atoms with van der Waals surface area (Å²) in [6, 6.07) is 4.16. The number of carbonyl (C=O) groups is 1. The highest BCUT2D eigenvalue weighted by Gasteiger charge is 2.21. The molecular weight excluding hydrogens is 408 g/mol. The Morgan fingerprint density at radius 1 is 1.21 bits per heavy atom. The van der Waals surface area contributed by atoms with Crippen molar-refractivity contribution < 1.29 is 9.53 Å². The number of thioether (sulfide) groups is 3. The molecule has 0 fully saturated rings. The van der Waals surface area contributed by atoms with Gasteiger partial charge in [0, 0.05) is 16.1 Å². The third kappa shape index (κ3) is 5.81. The first kappa shape index (κ1) is 23.4. The number of rotatable bonds is 11. The van der Waals surface area contributed by atoms with Crippen molar-refractivity contribution in [2.24, 2.45) is 0 Å². The molecule has 2 rings (SSSR count). The van der Waals surface area contributed by atoms with Crippen LogP contribution in [0.4, 0.5) is 0 Å². The van der Waals surface area contributed by atoms with Crippen molar-refractivity contribution >= 4 is 52.1 Å². The van der Waals surface area contributed by atoms with Gasteiger partial charge in [0.15, 0.2) is 5.82 Å². The van der Waals surface area contributed by atoms with E-state index in [1.807, 2.05) is 35.8 Å². The summed E-state index contributed by atoms with van der Waals surface area (Å²) >= 11 is 5.04. The zero-order valence-corrected chi connectivity index (χ0v) is 20.0. The van der Waals surface area contributed by atoms with E-state index in [2.05, 4.69) is 37.9 Å². The van der Waals surface area contributed by atoms with Crippen LogP contribution < -0.4 is 0 Å². The largest absolute Gasteiger partial charge is 0.357 e. The number of ether oxygens (including phenoxy) is 1. The van der Waals surface area contributed by atoms with Gasteiger partial charge in [0.1, 0.15) is 6.23 Å². The minimum atomic E-state index is -0.256. The van der Waals surface area contributed by atoms with E-state index in [9.17, 15) is 4.79 Å². The molecule has 1 unspecified atom stereocenters. The van der Waals surface area contributed by atoms with Crippen LogP contribution in [0.5, 0.6) is 0 Å². The first-order valence-electron chi connectivity index (χ1n) is 9.45. The van der Waals surface area contributed by atoms with Crippen molar-refractivity contribution in [1.82, 2.24) is 9.55 Å². The first-order chi connectivity index (χ1) is 13.4. The molecule has 0 saturated heterocycles. The maximum atomic E-state index is 13.0. The average Bonchev–Trinajstić information content (AvgIpc) is 3.04. The van der Waals surface area contributed by atoms with E-state index in [-0.39, 0.29) is 12.0 Å². The number of allylic oxidation sites excluding steroid dienone is 1. The molecular formula is C21H30N2O2S3. The van der Waals surface area contributed by atoms with E-state index in [0.29, 0.717) is 12.4 Å². The van der Waals surface area contributed by atoms with Gasteiger partial charge >= 0.3 is 0 Å². The Kier molecular flexibility index (Phi) is 9.47. The van der Waals surface area contributed by atoms with Crippen LogP contribution in [-0.2, 0) is 4.74 Å². The van der Waals surface area contributed by atoms with Crippen LogP contribution in [0.15, 0.2) is 22.4 Å². The molecule has 0 amide bonds. The lowest BCUT2D eigenvalue weighted by molar-refractivity contribution is 0.0275. The van der Waals surface area contributed by atoms with Crippen LogP contribution in [0.25, 0.3) is 11.0 Å². The minimum Gasteiger partial charge on any atom is -0.357 e. The quantitative estimate of drug-likeness (QED) is 0.241. The molecule has 0 aliphatic heterocycles. The molecule has 2 aromatic rings. The third-order valence-electron chi connectivity index (χ3n) is 4.48.